The summed E-state index contributed by atoms with van der Waals surface area (Å²) in [6.45, 7) is 5.76. The second kappa shape index (κ2) is 5.31. The zero-order valence-corrected chi connectivity index (χ0v) is 13.1. The zero-order chi connectivity index (χ0) is 15.1. The number of ether oxygens (including phenoxy) is 1. The Labute approximate surface area is 125 Å². The molecule has 0 atom stereocenters. The van der Waals surface area contributed by atoms with Crippen LogP contribution in [0.3, 0.4) is 0 Å². The molecule has 1 aromatic rings. The van der Waals surface area contributed by atoms with Gasteiger partial charge in [-0.15, -0.1) is 0 Å². The molecule has 1 aliphatic heterocycles. The summed E-state index contributed by atoms with van der Waals surface area (Å²) in [5.74, 6) is 0. The highest BCUT2D eigenvalue weighted by atomic mass is 79.9. The smallest absolute Gasteiger partial charge is 0.414 e. The summed E-state index contributed by atoms with van der Waals surface area (Å²) in [5, 5.41) is 0. The molecule has 1 amide bonds. The van der Waals surface area contributed by atoms with Crippen LogP contribution in [0.2, 0.25) is 0 Å². The number of benzene rings is 1. The van der Waals surface area contributed by atoms with Crippen LogP contribution in [0, 0.1) is 0 Å². The molecule has 110 valence electrons. The van der Waals surface area contributed by atoms with Gasteiger partial charge in [0.25, 0.3) is 6.43 Å². The van der Waals surface area contributed by atoms with E-state index >= 15 is 0 Å². The van der Waals surface area contributed by atoms with Gasteiger partial charge in [0.05, 0.1) is 5.69 Å². The summed E-state index contributed by atoms with van der Waals surface area (Å²) in [6, 6.07) is 3.02. The maximum absolute atomic E-state index is 12.9. The first-order chi connectivity index (χ1) is 9.19. The highest BCUT2D eigenvalue weighted by molar-refractivity contribution is 9.10. The molecule has 1 heterocycles. The van der Waals surface area contributed by atoms with Gasteiger partial charge >= 0.3 is 6.09 Å². The highest BCUT2D eigenvalue weighted by Crippen LogP contribution is 2.37. The molecule has 0 spiro atoms. The molecule has 0 unspecified atom stereocenters. The summed E-state index contributed by atoms with van der Waals surface area (Å²) in [4.78, 5) is 13.5. The largest absolute Gasteiger partial charge is 0.443 e. The van der Waals surface area contributed by atoms with Crippen LogP contribution in [0.4, 0.5) is 19.3 Å². The Bertz CT molecular complexity index is 541. The number of amides is 1. The molecule has 3 nitrogen and oxygen atoms in total. The normalized spacial score (nSPS) is 14.7. The fourth-order valence-electron chi connectivity index (χ4n) is 2.10. The number of carbonyl (C=O) groups is 1. The third-order valence-electron chi connectivity index (χ3n) is 2.94. The Balaban J connectivity index is 2.32. The number of hydrogen-bond donors (Lipinski definition) is 0. The highest BCUT2D eigenvalue weighted by Gasteiger charge is 2.30. The van der Waals surface area contributed by atoms with Crippen LogP contribution in [0.5, 0.6) is 0 Å². The molecule has 20 heavy (non-hydrogen) atoms. The van der Waals surface area contributed by atoms with Crippen LogP contribution in [-0.2, 0) is 11.2 Å². The Kier molecular flexibility index (Phi) is 4.04. The van der Waals surface area contributed by atoms with Crippen molar-refractivity contribution in [1.29, 1.82) is 0 Å². The van der Waals surface area contributed by atoms with E-state index in [0.29, 0.717) is 23.1 Å². The average molecular weight is 348 g/mol. The van der Waals surface area contributed by atoms with E-state index in [2.05, 4.69) is 15.9 Å². The molecular formula is C14H16BrF2NO2. The van der Waals surface area contributed by atoms with E-state index in [1.54, 1.807) is 26.8 Å². The van der Waals surface area contributed by atoms with Crippen molar-refractivity contribution in [2.75, 3.05) is 11.4 Å². The minimum Gasteiger partial charge on any atom is -0.443 e. The molecule has 0 bridgehead atoms. The molecule has 1 aliphatic rings. The van der Waals surface area contributed by atoms with Crippen molar-refractivity contribution in [2.24, 2.45) is 0 Å². The molecule has 6 heteroatoms. The lowest BCUT2D eigenvalue weighted by molar-refractivity contribution is 0.0583. The Morgan fingerprint density at radius 1 is 1.40 bits per heavy atom. The first kappa shape index (κ1) is 15.2. The van der Waals surface area contributed by atoms with Crippen LogP contribution in [0.25, 0.3) is 0 Å². The van der Waals surface area contributed by atoms with E-state index in [4.69, 9.17) is 4.74 Å². The van der Waals surface area contributed by atoms with Gasteiger partial charge in [-0.2, -0.15) is 0 Å². The summed E-state index contributed by atoms with van der Waals surface area (Å²) in [6.07, 6.45) is -2.45. The molecule has 0 saturated heterocycles. The Morgan fingerprint density at radius 2 is 2.05 bits per heavy atom. The monoisotopic (exact) mass is 347 g/mol. The number of alkyl halides is 2. The van der Waals surface area contributed by atoms with Crippen molar-refractivity contribution >= 4 is 27.7 Å². The fourth-order valence-corrected chi connectivity index (χ4v) is 2.66. The number of anilines is 1. The number of rotatable bonds is 1. The quantitative estimate of drug-likeness (QED) is 0.737. The average Bonchev–Trinajstić information content (AvgIpc) is 2.67. The number of hydrogen-bond acceptors (Lipinski definition) is 2. The van der Waals surface area contributed by atoms with Crippen molar-refractivity contribution in [1.82, 2.24) is 0 Å². The minimum absolute atomic E-state index is 0.112. The van der Waals surface area contributed by atoms with E-state index in [0.717, 1.165) is 5.56 Å². The first-order valence-electron chi connectivity index (χ1n) is 6.30. The van der Waals surface area contributed by atoms with Gasteiger partial charge in [-0.25, -0.2) is 13.6 Å². The lowest BCUT2D eigenvalue weighted by Crippen LogP contribution is -2.35. The Morgan fingerprint density at radius 3 is 2.60 bits per heavy atom. The van der Waals surface area contributed by atoms with Gasteiger partial charge in [-0.05, 0) is 44.9 Å². The topological polar surface area (TPSA) is 29.5 Å². The summed E-state index contributed by atoms with van der Waals surface area (Å²) >= 11 is 3.14. The molecule has 0 N–H and O–H groups in total. The van der Waals surface area contributed by atoms with Crippen LogP contribution in [0.1, 0.15) is 38.3 Å². The van der Waals surface area contributed by atoms with Crippen LogP contribution in [-0.4, -0.2) is 18.2 Å². The van der Waals surface area contributed by atoms with Crippen LogP contribution >= 0.6 is 15.9 Å². The number of halogens is 3. The standard InChI is InChI=1S/C14H16BrF2NO2/c1-14(2,3)20-13(19)18-5-4-8-6-10(15)9(12(16)17)7-11(8)18/h6-7,12H,4-5H2,1-3H3. The van der Waals surface area contributed by atoms with E-state index in [1.165, 1.54) is 11.0 Å². The zero-order valence-electron chi connectivity index (χ0n) is 11.5. The van der Waals surface area contributed by atoms with Gasteiger partial charge in [-0.1, -0.05) is 15.9 Å². The van der Waals surface area contributed by atoms with Crippen LogP contribution in [0.15, 0.2) is 16.6 Å². The molecule has 0 radical (unpaired) electrons. The van der Waals surface area contributed by atoms with Crippen molar-refractivity contribution in [3.8, 4) is 0 Å². The summed E-state index contributed by atoms with van der Waals surface area (Å²) < 4.78 is 31.5. The van der Waals surface area contributed by atoms with Crippen LogP contribution < -0.4 is 4.90 Å². The van der Waals surface area contributed by atoms with E-state index in [-0.39, 0.29) is 5.56 Å². The third kappa shape index (κ3) is 3.11. The maximum atomic E-state index is 12.9. The Hall–Kier alpha value is -1.17. The van der Waals surface area contributed by atoms with Crippen molar-refractivity contribution < 1.29 is 18.3 Å². The van der Waals surface area contributed by atoms with Crippen molar-refractivity contribution in [3.05, 3.63) is 27.7 Å². The molecule has 0 aromatic heterocycles. The second-order valence-electron chi connectivity index (χ2n) is 5.69. The second-order valence-corrected chi connectivity index (χ2v) is 6.54. The predicted molar refractivity (Wildman–Crippen MR) is 76.4 cm³/mol. The molecule has 0 saturated carbocycles. The molecule has 0 aliphatic carbocycles. The lowest BCUT2D eigenvalue weighted by Gasteiger charge is -2.25. The summed E-state index contributed by atoms with van der Waals surface area (Å²) in [7, 11) is 0. The SMILES string of the molecule is CC(C)(C)OC(=O)N1CCc2cc(Br)c(C(F)F)cc21. The van der Waals surface area contributed by atoms with Gasteiger partial charge in [0.15, 0.2) is 0 Å². The molecule has 0 fully saturated rings. The van der Waals surface area contributed by atoms with Crippen molar-refractivity contribution in [3.63, 3.8) is 0 Å². The third-order valence-corrected chi connectivity index (χ3v) is 3.63. The van der Waals surface area contributed by atoms with E-state index in [1.807, 2.05) is 0 Å². The maximum Gasteiger partial charge on any atom is 0.414 e. The van der Waals surface area contributed by atoms with E-state index in [9.17, 15) is 13.6 Å². The van der Waals surface area contributed by atoms with E-state index < -0.39 is 18.1 Å². The minimum atomic E-state index is -2.59. The van der Waals surface area contributed by atoms with Gasteiger partial charge in [0.1, 0.15) is 5.60 Å². The van der Waals surface area contributed by atoms with Crippen molar-refractivity contribution in [2.45, 2.75) is 39.2 Å². The van der Waals surface area contributed by atoms with Gasteiger partial charge in [0.2, 0.25) is 0 Å². The molecule has 2 rings (SSSR count). The molecule has 1 aromatic carbocycles. The number of fused-ring (bicyclic) bond motifs is 1. The molecular weight excluding hydrogens is 332 g/mol. The van der Waals surface area contributed by atoms with Gasteiger partial charge < -0.3 is 4.74 Å². The number of carbonyl (C=O) groups excluding carboxylic acids is 1. The van der Waals surface area contributed by atoms with Gasteiger partial charge in [-0.3, -0.25) is 4.90 Å². The predicted octanol–water partition coefficient (Wildman–Crippen LogP) is 4.68. The first-order valence-corrected chi connectivity index (χ1v) is 7.09. The fraction of sp³-hybridized carbons (Fsp3) is 0.500. The van der Waals surface area contributed by atoms with Gasteiger partial charge in [0, 0.05) is 16.6 Å². The number of nitrogens with zero attached hydrogens (tertiary/aromatic N) is 1. The lowest BCUT2D eigenvalue weighted by atomic mass is 10.1. The summed E-state index contributed by atoms with van der Waals surface area (Å²) in [5.41, 5.74) is 0.657.